The first kappa shape index (κ1) is 26.1. The minimum Gasteiger partial charge on any atom is -0.316 e. The molecule has 0 bridgehead atoms. The molecule has 0 atom stereocenters. The van der Waals surface area contributed by atoms with Crippen molar-refractivity contribution in [3.05, 3.63) is 80.0 Å². The van der Waals surface area contributed by atoms with E-state index in [1.165, 1.54) is 12.3 Å². The van der Waals surface area contributed by atoms with Crippen molar-refractivity contribution in [3.63, 3.8) is 0 Å². The van der Waals surface area contributed by atoms with Crippen molar-refractivity contribution in [1.82, 2.24) is 9.99 Å². The Bertz CT molecular complexity index is 1380. The van der Waals surface area contributed by atoms with E-state index in [4.69, 9.17) is 34.8 Å². The van der Waals surface area contributed by atoms with Gasteiger partial charge >= 0.3 is 0 Å². The molecule has 1 heterocycles. The van der Waals surface area contributed by atoms with Gasteiger partial charge < -0.3 is 4.57 Å². The van der Waals surface area contributed by atoms with Crippen molar-refractivity contribution in [1.29, 1.82) is 0 Å². The van der Waals surface area contributed by atoms with Crippen LogP contribution in [0.1, 0.15) is 22.5 Å². The fourth-order valence-corrected chi connectivity index (χ4v) is 5.09. The summed E-state index contributed by atoms with van der Waals surface area (Å²) in [5.41, 5.74) is 6.68. The molecule has 1 N–H and O–H groups in total. The number of aryl methyl sites for hydroxylation is 2. The number of halogens is 3. The first-order chi connectivity index (χ1) is 15.9. The topological polar surface area (TPSA) is 83.8 Å². The van der Waals surface area contributed by atoms with Gasteiger partial charge in [0.25, 0.3) is 5.91 Å². The zero-order chi connectivity index (χ0) is 25.2. The van der Waals surface area contributed by atoms with Crippen molar-refractivity contribution in [2.45, 2.75) is 20.8 Å². The molecule has 1 amide bonds. The highest BCUT2D eigenvalue weighted by Crippen LogP contribution is 2.29. The molecule has 34 heavy (non-hydrogen) atoms. The van der Waals surface area contributed by atoms with Crippen LogP contribution in [0.15, 0.2) is 47.6 Å². The average Bonchev–Trinajstić information content (AvgIpc) is 3.01. The third-order valence-corrected chi connectivity index (χ3v) is 7.04. The van der Waals surface area contributed by atoms with Crippen LogP contribution in [0.4, 0.5) is 5.69 Å². The van der Waals surface area contributed by atoms with Gasteiger partial charge in [0.2, 0.25) is 10.0 Å². The quantitative estimate of drug-likeness (QED) is 0.326. The Morgan fingerprint density at radius 1 is 1.06 bits per heavy atom. The number of amides is 1. The molecule has 0 aliphatic carbocycles. The summed E-state index contributed by atoms with van der Waals surface area (Å²) in [5.74, 6) is -0.601. The second-order valence-electron chi connectivity index (χ2n) is 7.75. The number of nitrogens with one attached hydrogen (secondary N) is 1. The number of hydrazone groups is 1. The number of hydrogen-bond acceptors (Lipinski definition) is 4. The SMILES string of the molecule is Cc1ccc(Cl)cc1N(CC(=O)N/N=C\c1cc(C)n(-c2ccc(Cl)cc2Cl)c1C)S(C)(=O)=O. The molecule has 3 rings (SSSR count). The maximum Gasteiger partial charge on any atom is 0.260 e. The van der Waals surface area contributed by atoms with Gasteiger partial charge in [-0.25, -0.2) is 13.8 Å². The van der Waals surface area contributed by atoms with Gasteiger partial charge in [-0.1, -0.05) is 40.9 Å². The number of aromatic nitrogens is 1. The Morgan fingerprint density at radius 2 is 1.71 bits per heavy atom. The van der Waals surface area contributed by atoms with Crippen molar-refractivity contribution in [3.8, 4) is 5.69 Å². The Hall–Kier alpha value is -2.52. The first-order valence-electron chi connectivity index (χ1n) is 10.1. The summed E-state index contributed by atoms with van der Waals surface area (Å²) in [7, 11) is -3.74. The number of rotatable bonds is 7. The number of anilines is 1. The molecule has 0 spiro atoms. The van der Waals surface area contributed by atoms with Crippen LogP contribution in [0.25, 0.3) is 5.69 Å². The fraction of sp³-hybridized carbons (Fsp3) is 0.217. The van der Waals surface area contributed by atoms with Gasteiger partial charge in [-0.2, -0.15) is 5.10 Å². The second-order valence-corrected chi connectivity index (χ2v) is 10.9. The van der Waals surface area contributed by atoms with Crippen molar-refractivity contribution >= 4 is 62.6 Å². The van der Waals surface area contributed by atoms with Gasteiger partial charge in [0, 0.05) is 27.0 Å². The Balaban J connectivity index is 1.79. The Labute approximate surface area is 214 Å². The molecule has 0 unspecified atom stereocenters. The second kappa shape index (κ2) is 10.4. The first-order valence-corrected chi connectivity index (χ1v) is 13.1. The monoisotopic (exact) mass is 540 g/mol. The van der Waals surface area contributed by atoms with E-state index in [1.807, 2.05) is 30.5 Å². The van der Waals surface area contributed by atoms with Gasteiger partial charge in [0.15, 0.2) is 0 Å². The molecule has 0 saturated carbocycles. The minimum atomic E-state index is -3.74. The zero-order valence-corrected chi connectivity index (χ0v) is 22.0. The molecule has 7 nitrogen and oxygen atoms in total. The summed E-state index contributed by atoms with van der Waals surface area (Å²) in [5, 5.41) is 5.42. The molecule has 0 aliphatic rings. The zero-order valence-electron chi connectivity index (χ0n) is 18.9. The van der Waals surface area contributed by atoms with Gasteiger partial charge in [0.05, 0.1) is 28.9 Å². The molecule has 1 aromatic heterocycles. The van der Waals surface area contributed by atoms with Crippen LogP contribution < -0.4 is 9.73 Å². The lowest BCUT2D eigenvalue weighted by molar-refractivity contribution is -0.119. The third-order valence-electron chi connectivity index (χ3n) is 5.14. The lowest BCUT2D eigenvalue weighted by Crippen LogP contribution is -2.39. The Kier molecular flexibility index (Phi) is 7.98. The molecule has 0 aliphatic heterocycles. The van der Waals surface area contributed by atoms with Crippen LogP contribution in [0.2, 0.25) is 15.1 Å². The average molecular weight is 542 g/mol. The lowest BCUT2D eigenvalue weighted by Gasteiger charge is -2.23. The van der Waals surface area contributed by atoms with E-state index in [-0.39, 0.29) is 0 Å². The molecular formula is C23H23Cl3N4O3S. The number of benzene rings is 2. The molecule has 180 valence electrons. The predicted octanol–water partition coefficient (Wildman–Crippen LogP) is 5.28. The van der Waals surface area contributed by atoms with E-state index in [0.29, 0.717) is 26.3 Å². The predicted molar refractivity (Wildman–Crippen MR) is 139 cm³/mol. The molecule has 0 saturated heterocycles. The van der Waals surface area contributed by atoms with Crippen LogP contribution in [-0.2, 0) is 14.8 Å². The highest BCUT2D eigenvalue weighted by molar-refractivity contribution is 7.92. The summed E-state index contributed by atoms with van der Waals surface area (Å²) < 4.78 is 27.6. The van der Waals surface area contributed by atoms with Gasteiger partial charge in [-0.05, 0) is 62.7 Å². The summed E-state index contributed by atoms with van der Waals surface area (Å²) >= 11 is 18.4. The van der Waals surface area contributed by atoms with Crippen LogP contribution in [0, 0.1) is 20.8 Å². The van der Waals surface area contributed by atoms with Crippen molar-refractivity contribution < 1.29 is 13.2 Å². The van der Waals surface area contributed by atoms with E-state index < -0.39 is 22.5 Å². The van der Waals surface area contributed by atoms with Gasteiger partial charge in [0.1, 0.15) is 6.54 Å². The maximum absolute atomic E-state index is 12.5. The number of carbonyl (C=O) groups excluding carboxylic acids is 1. The van der Waals surface area contributed by atoms with Crippen molar-refractivity contribution in [2.75, 3.05) is 17.1 Å². The molecule has 11 heteroatoms. The van der Waals surface area contributed by atoms with Crippen LogP contribution in [0.5, 0.6) is 0 Å². The normalized spacial score (nSPS) is 11.7. The molecule has 0 fully saturated rings. The van der Waals surface area contributed by atoms with Gasteiger partial charge in [-0.3, -0.25) is 9.10 Å². The van der Waals surface area contributed by atoms with E-state index in [1.54, 1.807) is 31.2 Å². The highest BCUT2D eigenvalue weighted by Gasteiger charge is 2.22. The maximum atomic E-state index is 12.5. The highest BCUT2D eigenvalue weighted by atomic mass is 35.5. The third kappa shape index (κ3) is 5.93. The summed E-state index contributed by atoms with van der Waals surface area (Å²) in [4.78, 5) is 12.5. The lowest BCUT2D eigenvalue weighted by atomic mass is 10.2. The molecule has 2 aromatic carbocycles. The van der Waals surface area contributed by atoms with E-state index in [2.05, 4.69) is 10.5 Å². The number of carbonyl (C=O) groups is 1. The van der Waals surface area contributed by atoms with Crippen LogP contribution >= 0.6 is 34.8 Å². The fourth-order valence-electron chi connectivity index (χ4n) is 3.52. The van der Waals surface area contributed by atoms with E-state index in [0.717, 1.165) is 33.2 Å². The smallest absolute Gasteiger partial charge is 0.260 e. The summed E-state index contributed by atoms with van der Waals surface area (Å²) in [6.45, 7) is 5.11. The molecular weight excluding hydrogens is 519 g/mol. The molecule has 0 radical (unpaired) electrons. The standard InChI is InChI=1S/C23H23Cl3N4O3S/c1-14-5-6-19(25)11-22(14)29(34(4,32)33)13-23(31)28-27-12-17-9-15(2)30(16(17)3)21-8-7-18(24)10-20(21)26/h5-12H,13H2,1-4H3,(H,28,31)/b27-12-. The number of sulfonamides is 1. The Morgan fingerprint density at radius 3 is 2.35 bits per heavy atom. The van der Waals surface area contributed by atoms with Crippen LogP contribution in [-0.4, -0.2) is 37.9 Å². The van der Waals surface area contributed by atoms with E-state index >= 15 is 0 Å². The van der Waals surface area contributed by atoms with Crippen LogP contribution in [0.3, 0.4) is 0 Å². The van der Waals surface area contributed by atoms with Gasteiger partial charge in [-0.15, -0.1) is 0 Å². The summed E-state index contributed by atoms with van der Waals surface area (Å²) in [6.07, 6.45) is 2.52. The van der Waals surface area contributed by atoms with E-state index in [9.17, 15) is 13.2 Å². The number of hydrogen-bond donors (Lipinski definition) is 1. The van der Waals surface area contributed by atoms with Crippen molar-refractivity contribution in [2.24, 2.45) is 5.10 Å². The number of nitrogens with zero attached hydrogens (tertiary/aromatic N) is 3. The largest absolute Gasteiger partial charge is 0.316 e. The summed E-state index contributed by atoms with van der Waals surface area (Å²) in [6, 6.07) is 12.0. The molecule has 3 aromatic rings. The minimum absolute atomic E-state index is 0.331.